The zero-order valence-corrected chi connectivity index (χ0v) is 13.4. The standard InChI is InChI=1S/C13H18N4O4S/c1-13(2,3)17(21)6-8-4-5-9(16-15-8)11(18)14-10(7-22)12(19)20/h4-6,10,22H,7H2,1-3H3,(H,14,18)(H,19,20)/b17-6+. The van der Waals surface area contributed by atoms with Crippen molar-refractivity contribution in [3.63, 3.8) is 0 Å². The molecule has 1 heterocycles. The number of carboxylic acids is 1. The van der Waals surface area contributed by atoms with Crippen molar-refractivity contribution in [3.05, 3.63) is 28.7 Å². The van der Waals surface area contributed by atoms with E-state index < -0.39 is 23.5 Å². The topological polar surface area (TPSA) is 118 Å². The third-order valence-electron chi connectivity index (χ3n) is 2.61. The molecule has 0 aromatic carbocycles. The number of aromatic nitrogens is 2. The second-order valence-corrected chi connectivity index (χ2v) is 5.88. The number of hydrogen-bond donors (Lipinski definition) is 3. The van der Waals surface area contributed by atoms with Gasteiger partial charge in [0, 0.05) is 26.5 Å². The first kappa shape index (κ1) is 17.9. The van der Waals surface area contributed by atoms with E-state index in [1.807, 2.05) is 0 Å². The van der Waals surface area contributed by atoms with Crippen LogP contribution in [0.2, 0.25) is 0 Å². The largest absolute Gasteiger partial charge is 0.623 e. The van der Waals surface area contributed by atoms with Crippen LogP contribution < -0.4 is 5.32 Å². The Morgan fingerprint density at radius 2 is 2.09 bits per heavy atom. The van der Waals surface area contributed by atoms with Crippen molar-refractivity contribution in [1.82, 2.24) is 15.5 Å². The van der Waals surface area contributed by atoms with E-state index >= 15 is 0 Å². The fourth-order valence-corrected chi connectivity index (χ4v) is 1.51. The van der Waals surface area contributed by atoms with E-state index in [1.165, 1.54) is 18.3 Å². The van der Waals surface area contributed by atoms with Crippen molar-refractivity contribution in [1.29, 1.82) is 0 Å². The highest BCUT2D eigenvalue weighted by atomic mass is 32.1. The Bertz CT molecular complexity index is 581. The Morgan fingerprint density at radius 3 is 2.50 bits per heavy atom. The van der Waals surface area contributed by atoms with Crippen molar-refractivity contribution >= 4 is 30.7 Å². The van der Waals surface area contributed by atoms with E-state index in [0.29, 0.717) is 5.69 Å². The summed E-state index contributed by atoms with van der Waals surface area (Å²) >= 11 is 3.85. The molecule has 0 fully saturated rings. The highest BCUT2D eigenvalue weighted by Crippen LogP contribution is 2.05. The zero-order valence-electron chi connectivity index (χ0n) is 12.5. The molecular weight excluding hydrogens is 308 g/mol. The van der Waals surface area contributed by atoms with Gasteiger partial charge >= 0.3 is 5.97 Å². The Hall–Kier alpha value is -2.16. The summed E-state index contributed by atoms with van der Waals surface area (Å²) < 4.78 is 0.734. The summed E-state index contributed by atoms with van der Waals surface area (Å²) in [5.41, 5.74) is -0.359. The Kier molecular flexibility index (Phi) is 5.86. The third-order valence-corrected chi connectivity index (χ3v) is 2.98. The van der Waals surface area contributed by atoms with Crippen LogP contribution in [0.1, 0.15) is 37.0 Å². The van der Waals surface area contributed by atoms with Gasteiger partial charge in [-0.1, -0.05) is 0 Å². The van der Waals surface area contributed by atoms with E-state index in [2.05, 4.69) is 28.1 Å². The number of carbonyl (C=O) groups excluding carboxylic acids is 1. The molecule has 0 aliphatic carbocycles. The molecule has 0 aliphatic heterocycles. The zero-order chi connectivity index (χ0) is 16.9. The number of hydrogen-bond acceptors (Lipinski definition) is 6. The van der Waals surface area contributed by atoms with Gasteiger partial charge in [0.05, 0.1) is 0 Å². The molecule has 22 heavy (non-hydrogen) atoms. The highest BCUT2D eigenvalue weighted by Gasteiger charge is 2.21. The molecule has 9 heteroatoms. The number of amides is 1. The molecule has 0 bridgehead atoms. The molecule has 1 atom stereocenters. The molecule has 8 nitrogen and oxygen atoms in total. The molecule has 120 valence electrons. The maximum Gasteiger partial charge on any atom is 0.327 e. The number of carbonyl (C=O) groups is 2. The average Bonchev–Trinajstić information content (AvgIpc) is 2.43. The highest BCUT2D eigenvalue weighted by molar-refractivity contribution is 7.80. The minimum absolute atomic E-state index is 0.0432. The summed E-state index contributed by atoms with van der Waals surface area (Å²) in [6.07, 6.45) is 1.27. The van der Waals surface area contributed by atoms with Gasteiger partial charge in [-0.3, -0.25) is 4.79 Å². The van der Waals surface area contributed by atoms with Gasteiger partial charge in [-0.25, -0.2) is 9.53 Å². The summed E-state index contributed by atoms with van der Waals surface area (Å²) in [5, 5.41) is 30.3. The Balaban J connectivity index is 2.85. The van der Waals surface area contributed by atoms with Crippen molar-refractivity contribution in [2.75, 3.05) is 5.75 Å². The SMILES string of the molecule is CC(C)(C)/[N+]([O-])=C\c1ccc(C(=O)NC(CS)C(=O)O)nn1. The van der Waals surface area contributed by atoms with Crippen LogP contribution in [0.5, 0.6) is 0 Å². The van der Waals surface area contributed by atoms with Crippen LogP contribution in [0, 0.1) is 5.21 Å². The van der Waals surface area contributed by atoms with Crippen molar-refractivity contribution in [2.24, 2.45) is 0 Å². The molecular formula is C13H18N4O4S. The summed E-state index contributed by atoms with van der Waals surface area (Å²) in [4.78, 5) is 22.6. The number of carboxylic acid groups (broad SMARTS) is 1. The number of nitrogens with one attached hydrogen (secondary N) is 1. The van der Waals surface area contributed by atoms with Crippen molar-refractivity contribution < 1.29 is 19.4 Å². The van der Waals surface area contributed by atoms with E-state index in [4.69, 9.17) is 5.11 Å². The second-order valence-electron chi connectivity index (χ2n) is 5.52. The van der Waals surface area contributed by atoms with E-state index in [-0.39, 0.29) is 11.4 Å². The van der Waals surface area contributed by atoms with Gasteiger partial charge in [-0.2, -0.15) is 12.6 Å². The molecule has 1 unspecified atom stereocenters. The normalized spacial score (nSPS) is 13.5. The van der Waals surface area contributed by atoms with Gasteiger partial charge in [-0.15, -0.1) is 10.2 Å². The van der Waals surface area contributed by atoms with Gasteiger partial charge in [0.2, 0.25) is 6.21 Å². The number of nitrogens with zero attached hydrogens (tertiary/aromatic N) is 3. The van der Waals surface area contributed by atoms with E-state index in [0.717, 1.165) is 4.74 Å². The van der Waals surface area contributed by atoms with Gasteiger partial charge in [0.25, 0.3) is 5.91 Å². The van der Waals surface area contributed by atoms with Gasteiger partial charge in [0.1, 0.15) is 6.04 Å². The maximum atomic E-state index is 11.8. The number of aliphatic carboxylic acids is 1. The molecule has 0 saturated heterocycles. The van der Waals surface area contributed by atoms with Crippen molar-refractivity contribution in [3.8, 4) is 0 Å². The second kappa shape index (κ2) is 7.21. The maximum absolute atomic E-state index is 11.8. The minimum atomic E-state index is -1.19. The lowest BCUT2D eigenvalue weighted by Gasteiger charge is -2.18. The van der Waals surface area contributed by atoms with Crippen LogP contribution in [0.25, 0.3) is 0 Å². The fraction of sp³-hybridized carbons (Fsp3) is 0.462. The molecule has 0 radical (unpaired) electrons. The van der Waals surface area contributed by atoms with Gasteiger partial charge < -0.3 is 15.6 Å². The van der Waals surface area contributed by atoms with Gasteiger partial charge in [0.15, 0.2) is 16.9 Å². The third kappa shape index (κ3) is 4.99. The monoisotopic (exact) mass is 326 g/mol. The molecule has 1 aromatic rings. The smallest absolute Gasteiger partial charge is 0.327 e. The van der Waals surface area contributed by atoms with Gasteiger partial charge in [-0.05, 0) is 12.1 Å². The lowest BCUT2D eigenvalue weighted by Crippen LogP contribution is -2.42. The van der Waals surface area contributed by atoms with E-state index in [9.17, 15) is 14.8 Å². The number of rotatable bonds is 5. The summed E-state index contributed by atoms with van der Waals surface area (Å²) in [6.45, 7) is 5.24. The van der Waals surface area contributed by atoms with Crippen molar-refractivity contribution in [2.45, 2.75) is 32.4 Å². The predicted octanol–water partition coefficient (Wildman–Crippen LogP) is 0.317. The Morgan fingerprint density at radius 1 is 1.45 bits per heavy atom. The van der Waals surface area contributed by atoms with Crippen LogP contribution in [-0.2, 0) is 4.79 Å². The predicted molar refractivity (Wildman–Crippen MR) is 83.3 cm³/mol. The van der Waals surface area contributed by atoms with Crippen LogP contribution in [0.3, 0.4) is 0 Å². The summed E-state index contributed by atoms with van der Waals surface area (Å²) in [5.74, 6) is -1.90. The number of hydroxylamine groups is 1. The molecule has 0 aliphatic rings. The fourth-order valence-electron chi connectivity index (χ4n) is 1.26. The van der Waals surface area contributed by atoms with E-state index in [1.54, 1.807) is 20.8 Å². The summed E-state index contributed by atoms with van der Waals surface area (Å²) in [6, 6.07) is 1.71. The van der Waals surface area contributed by atoms with Crippen LogP contribution in [-0.4, -0.2) is 55.5 Å². The minimum Gasteiger partial charge on any atom is -0.623 e. The van der Waals surface area contributed by atoms with Crippen LogP contribution in [0.4, 0.5) is 0 Å². The first-order valence-corrected chi connectivity index (χ1v) is 7.08. The first-order chi connectivity index (χ1) is 10.1. The molecule has 0 spiro atoms. The van der Waals surface area contributed by atoms with Crippen LogP contribution in [0.15, 0.2) is 12.1 Å². The molecule has 2 N–H and O–H groups in total. The molecule has 1 amide bonds. The lowest BCUT2D eigenvalue weighted by atomic mass is 10.1. The number of thiol groups is 1. The summed E-state index contributed by atoms with van der Waals surface area (Å²) in [7, 11) is 0. The molecule has 1 rings (SSSR count). The quantitative estimate of drug-likeness (QED) is 0.236. The molecule has 1 aromatic heterocycles. The lowest BCUT2D eigenvalue weighted by molar-refractivity contribution is -0.530. The average molecular weight is 326 g/mol. The van der Waals surface area contributed by atoms with Crippen LogP contribution >= 0.6 is 12.6 Å². The molecule has 0 saturated carbocycles. The first-order valence-electron chi connectivity index (χ1n) is 6.44. The Labute approximate surface area is 133 Å².